The van der Waals surface area contributed by atoms with Gasteiger partial charge in [0.15, 0.2) is 11.0 Å². The van der Waals surface area contributed by atoms with Crippen LogP contribution in [0.2, 0.25) is 0 Å². The fraction of sp³-hybridized carbons (Fsp3) is 0.348. The molecule has 3 heterocycles. The first kappa shape index (κ1) is 26.8. The van der Waals surface area contributed by atoms with E-state index >= 15 is 0 Å². The van der Waals surface area contributed by atoms with Crippen LogP contribution >= 0.6 is 0 Å². The fourth-order valence-electron chi connectivity index (χ4n) is 3.59. The fourth-order valence-corrected chi connectivity index (χ4v) is 4.69. The average Bonchev–Trinajstić information content (AvgIpc) is 3.45. The Morgan fingerprint density at radius 1 is 1.17 bits per heavy atom. The summed E-state index contributed by atoms with van der Waals surface area (Å²) in [5.74, 6) is 2.24. The molecule has 0 aliphatic heterocycles. The molecule has 4 aromatic rings. The van der Waals surface area contributed by atoms with Gasteiger partial charge >= 0.3 is 5.82 Å². The second kappa shape index (κ2) is 11.7. The number of aliphatic hydroxyl groups excluding tert-OH is 1. The molecule has 3 aromatic heterocycles. The van der Waals surface area contributed by atoms with Gasteiger partial charge in [-0.3, -0.25) is 9.19 Å². The predicted octanol–water partition coefficient (Wildman–Crippen LogP) is 2.99. The van der Waals surface area contributed by atoms with Gasteiger partial charge < -0.3 is 29.7 Å². The smallest absolute Gasteiger partial charge is 0.342 e. The third-order valence-electron chi connectivity index (χ3n) is 5.45. The lowest BCUT2D eigenvalue weighted by atomic mass is 10.1. The lowest BCUT2D eigenvalue weighted by Crippen LogP contribution is -2.07. The third-order valence-corrected chi connectivity index (χ3v) is 6.61. The van der Waals surface area contributed by atoms with E-state index in [4.69, 9.17) is 14.6 Å². The SMILES string of the molecule is COc1ccc2nc(S(=O)Cc3ncc(C)c(OC)c3C)[nH]c2c1.Cc1ncc([N+](=O)[O-])n1CCO. The minimum Gasteiger partial charge on any atom is -0.497 e. The van der Waals surface area contributed by atoms with Crippen LogP contribution in [0.1, 0.15) is 22.6 Å². The minimum absolute atomic E-state index is 0.0819. The molecule has 0 aliphatic carbocycles. The van der Waals surface area contributed by atoms with Crippen LogP contribution in [0.4, 0.5) is 5.82 Å². The maximum absolute atomic E-state index is 12.7. The largest absolute Gasteiger partial charge is 0.497 e. The number of imidazole rings is 2. The van der Waals surface area contributed by atoms with Gasteiger partial charge in [-0.25, -0.2) is 14.5 Å². The van der Waals surface area contributed by atoms with Gasteiger partial charge in [0.05, 0.1) is 54.1 Å². The second-order valence-electron chi connectivity index (χ2n) is 7.76. The average molecular weight is 517 g/mol. The molecular weight excluding hydrogens is 488 g/mol. The van der Waals surface area contributed by atoms with E-state index < -0.39 is 15.7 Å². The number of aliphatic hydroxyl groups is 1. The van der Waals surface area contributed by atoms with Crippen molar-refractivity contribution in [1.29, 1.82) is 0 Å². The molecule has 0 radical (unpaired) electrons. The van der Waals surface area contributed by atoms with Crippen LogP contribution < -0.4 is 9.47 Å². The van der Waals surface area contributed by atoms with E-state index in [0.29, 0.717) is 11.0 Å². The first-order valence-electron chi connectivity index (χ1n) is 10.9. The van der Waals surface area contributed by atoms with Crippen molar-refractivity contribution in [3.8, 4) is 11.5 Å². The first-order chi connectivity index (χ1) is 17.2. The molecule has 0 bridgehead atoms. The minimum atomic E-state index is -1.33. The topological polar surface area (TPSA) is 158 Å². The molecule has 0 saturated heterocycles. The summed E-state index contributed by atoms with van der Waals surface area (Å²) in [7, 11) is 1.91. The van der Waals surface area contributed by atoms with Gasteiger partial charge in [-0.15, -0.1) is 0 Å². The summed E-state index contributed by atoms with van der Waals surface area (Å²) in [4.78, 5) is 25.5. The number of nitrogens with zero attached hydrogens (tertiary/aromatic N) is 5. The zero-order valence-electron chi connectivity index (χ0n) is 20.6. The molecule has 12 nitrogen and oxygen atoms in total. The Labute approximate surface area is 209 Å². The number of H-pyrrole nitrogens is 1. The van der Waals surface area contributed by atoms with Crippen LogP contribution in [0.5, 0.6) is 11.5 Å². The van der Waals surface area contributed by atoms with E-state index in [-0.39, 0.29) is 24.7 Å². The maximum Gasteiger partial charge on any atom is 0.342 e. The van der Waals surface area contributed by atoms with Gasteiger partial charge in [0, 0.05) is 30.3 Å². The number of methoxy groups -OCH3 is 2. The number of aromatic amines is 1. The summed E-state index contributed by atoms with van der Waals surface area (Å²) in [6, 6.07) is 5.50. The molecule has 2 N–H and O–H groups in total. The number of ether oxygens (including phenoxy) is 2. The quantitative estimate of drug-likeness (QED) is 0.265. The van der Waals surface area contributed by atoms with Crippen molar-refractivity contribution in [2.45, 2.75) is 38.2 Å². The zero-order chi connectivity index (χ0) is 26.4. The highest BCUT2D eigenvalue weighted by Gasteiger charge is 2.17. The molecule has 36 heavy (non-hydrogen) atoms. The summed E-state index contributed by atoms with van der Waals surface area (Å²) in [6.07, 6.45) is 2.92. The summed E-state index contributed by atoms with van der Waals surface area (Å²) in [5, 5.41) is 19.4. The molecule has 1 aromatic carbocycles. The van der Waals surface area contributed by atoms with Gasteiger partial charge in [0.25, 0.3) is 0 Å². The van der Waals surface area contributed by atoms with Crippen LogP contribution in [-0.4, -0.2) is 59.6 Å². The number of nitrogens with one attached hydrogen (secondary N) is 1. The predicted molar refractivity (Wildman–Crippen MR) is 134 cm³/mol. The number of aromatic nitrogens is 5. The molecule has 1 unspecified atom stereocenters. The molecular formula is C23H28N6O6S. The molecule has 13 heteroatoms. The number of nitro groups is 1. The van der Waals surface area contributed by atoms with E-state index in [1.807, 2.05) is 32.0 Å². The van der Waals surface area contributed by atoms with Gasteiger partial charge in [0.1, 0.15) is 24.2 Å². The molecule has 0 fully saturated rings. The Morgan fingerprint density at radius 3 is 2.56 bits per heavy atom. The van der Waals surface area contributed by atoms with Crippen molar-refractivity contribution in [3.63, 3.8) is 0 Å². The summed E-state index contributed by atoms with van der Waals surface area (Å²) in [5.41, 5.74) is 4.16. The number of benzene rings is 1. The highest BCUT2D eigenvalue weighted by molar-refractivity contribution is 7.84. The summed E-state index contributed by atoms with van der Waals surface area (Å²) >= 11 is 0. The number of hydrogen-bond donors (Lipinski definition) is 2. The summed E-state index contributed by atoms with van der Waals surface area (Å²) < 4.78 is 24.6. The van der Waals surface area contributed by atoms with Gasteiger partial charge in [-0.1, -0.05) is 0 Å². The van der Waals surface area contributed by atoms with Crippen molar-refractivity contribution >= 4 is 27.7 Å². The van der Waals surface area contributed by atoms with Crippen molar-refractivity contribution < 1.29 is 23.7 Å². The van der Waals surface area contributed by atoms with Crippen LogP contribution in [0.3, 0.4) is 0 Å². The number of pyridine rings is 1. The lowest BCUT2D eigenvalue weighted by Gasteiger charge is -2.11. The molecule has 0 aliphatic rings. The van der Waals surface area contributed by atoms with Gasteiger partial charge in [-0.2, -0.15) is 0 Å². The Morgan fingerprint density at radius 2 is 1.92 bits per heavy atom. The van der Waals surface area contributed by atoms with Crippen molar-refractivity contribution in [2.75, 3.05) is 20.8 Å². The third kappa shape index (κ3) is 5.86. The summed E-state index contributed by atoms with van der Waals surface area (Å²) in [6.45, 7) is 5.60. The van der Waals surface area contributed by atoms with E-state index in [0.717, 1.165) is 39.4 Å². The zero-order valence-corrected chi connectivity index (χ0v) is 21.5. The van der Waals surface area contributed by atoms with Crippen molar-refractivity contribution in [2.24, 2.45) is 0 Å². The molecule has 1 atom stereocenters. The number of hydrogen-bond acceptors (Lipinski definition) is 9. The van der Waals surface area contributed by atoms with E-state index in [1.54, 1.807) is 27.3 Å². The van der Waals surface area contributed by atoms with E-state index in [1.165, 1.54) is 10.8 Å². The maximum atomic E-state index is 12.7. The van der Waals surface area contributed by atoms with Gasteiger partial charge in [0.2, 0.25) is 0 Å². The van der Waals surface area contributed by atoms with Crippen LogP contribution in [-0.2, 0) is 23.1 Å². The monoisotopic (exact) mass is 516 g/mol. The Balaban J connectivity index is 0.000000253. The molecule has 0 amide bonds. The van der Waals surface area contributed by atoms with Crippen molar-refractivity contribution in [3.05, 3.63) is 63.4 Å². The van der Waals surface area contributed by atoms with Crippen LogP contribution in [0.25, 0.3) is 11.0 Å². The number of fused-ring (bicyclic) bond motifs is 1. The molecule has 0 spiro atoms. The lowest BCUT2D eigenvalue weighted by molar-refractivity contribution is -0.392. The first-order valence-corrected chi connectivity index (χ1v) is 12.2. The second-order valence-corrected chi connectivity index (χ2v) is 9.12. The van der Waals surface area contributed by atoms with E-state index in [2.05, 4.69) is 19.9 Å². The number of aryl methyl sites for hydroxylation is 2. The highest BCUT2D eigenvalue weighted by atomic mass is 32.2. The Hall–Kier alpha value is -3.84. The van der Waals surface area contributed by atoms with Crippen LogP contribution in [0, 0.1) is 30.9 Å². The standard InChI is InChI=1S/C17H19N3O3S.C6H9N3O3/c1-10-8-18-15(11(2)16(10)23-4)9-24(21)17-19-13-6-5-12(22-3)7-14(13)20-17;1-5-7-4-6(9(11)12)8(5)2-3-10/h5-8H,9H2,1-4H3,(H,19,20);4,10H,2-3H2,1H3. The van der Waals surface area contributed by atoms with Crippen LogP contribution in [0.15, 0.2) is 35.7 Å². The molecule has 4 rings (SSSR count). The normalized spacial score (nSPS) is 11.6. The Bertz CT molecular complexity index is 1400. The van der Waals surface area contributed by atoms with Crippen molar-refractivity contribution in [1.82, 2.24) is 24.5 Å². The molecule has 192 valence electrons. The Kier molecular flexibility index (Phi) is 8.72. The highest BCUT2D eigenvalue weighted by Crippen LogP contribution is 2.26. The van der Waals surface area contributed by atoms with E-state index in [9.17, 15) is 14.3 Å². The molecule has 0 saturated carbocycles. The van der Waals surface area contributed by atoms with Gasteiger partial charge in [-0.05, 0) is 30.9 Å². The number of rotatable bonds is 8.